The molecular formula is C20H24N2O5S. The summed E-state index contributed by atoms with van der Waals surface area (Å²) in [5.41, 5.74) is 2.84. The summed E-state index contributed by atoms with van der Waals surface area (Å²) in [5, 5.41) is 2.84. The van der Waals surface area contributed by atoms with Gasteiger partial charge in [-0.05, 0) is 43.7 Å². The third kappa shape index (κ3) is 4.19. The SMILES string of the molecule is COc1ccc(S(=O)(=O)N2CCOCC2)cc1C(=O)Nc1ccc(C)cc1C. The molecule has 8 heteroatoms. The minimum absolute atomic E-state index is 0.0565. The van der Waals surface area contributed by atoms with Gasteiger partial charge in [-0.3, -0.25) is 4.79 Å². The molecule has 150 valence electrons. The third-order valence-electron chi connectivity index (χ3n) is 4.65. The van der Waals surface area contributed by atoms with Gasteiger partial charge in [-0.2, -0.15) is 4.31 Å². The number of hydrogen-bond acceptors (Lipinski definition) is 5. The highest BCUT2D eigenvalue weighted by Crippen LogP contribution is 2.26. The van der Waals surface area contributed by atoms with E-state index in [4.69, 9.17) is 9.47 Å². The summed E-state index contributed by atoms with van der Waals surface area (Å²) < 4.78 is 37.7. The summed E-state index contributed by atoms with van der Waals surface area (Å²) in [4.78, 5) is 12.9. The van der Waals surface area contributed by atoms with Gasteiger partial charge in [-0.25, -0.2) is 8.42 Å². The summed E-state index contributed by atoms with van der Waals surface area (Å²) >= 11 is 0. The van der Waals surface area contributed by atoms with Crippen LogP contribution in [0.25, 0.3) is 0 Å². The van der Waals surface area contributed by atoms with Gasteiger partial charge in [0.05, 0.1) is 30.8 Å². The normalized spacial score (nSPS) is 15.2. The molecule has 1 fully saturated rings. The second-order valence-electron chi connectivity index (χ2n) is 6.65. The van der Waals surface area contributed by atoms with Crippen molar-refractivity contribution < 1.29 is 22.7 Å². The third-order valence-corrected chi connectivity index (χ3v) is 6.55. The van der Waals surface area contributed by atoms with Crippen molar-refractivity contribution in [3.05, 3.63) is 53.1 Å². The first-order chi connectivity index (χ1) is 13.3. The van der Waals surface area contributed by atoms with E-state index in [2.05, 4.69) is 5.32 Å². The van der Waals surface area contributed by atoms with Crippen LogP contribution in [-0.4, -0.2) is 52.0 Å². The maximum atomic E-state index is 12.9. The van der Waals surface area contributed by atoms with Crippen LogP contribution in [0.2, 0.25) is 0 Å². The zero-order valence-electron chi connectivity index (χ0n) is 16.2. The molecule has 1 heterocycles. The fourth-order valence-electron chi connectivity index (χ4n) is 3.10. The Labute approximate surface area is 165 Å². The van der Waals surface area contributed by atoms with E-state index in [9.17, 15) is 13.2 Å². The van der Waals surface area contributed by atoms with Crippen LogP contribution in [0.5, 0.6) is 5.75 Å². The number of methoxy groups -OCH3 is 1. The van der Waals surface area contributed by atoms with Gasteiger partial charge in [-0.1, -0.05) is 17.7 Å². The summed E-state index contributed by atoms with van der Waals surface area (Å²) in [6.45, 7) is 5.17. The molecule has 0 aliphatic carbocycles. The maximum absolute atomic E-state index is 12.9. The Kier molecular flexibility index (Phi) is 6.02. The zero-order chi connectivity index (χ0) is 20.3. The van der Waals surface area contributed by atoms with Crippen LogP contribution in [0.15, 0.2) is 41.3 Å². The van der Waals surface area contributed by atoms with Crippen molar-refractivity contribution in [2.45, 2.75) is 18.7 Å². The number of nitrogens with zero attached hydrogens (tertiary/aromatic N) is 1. The molecule has 28 heavy (non-hydrogen) atoms. The molecule has 0 radical (unpaired) electrons. The maximum Gasteiger partial charge on any atom is 0.259 e. The van der Waals surface area contributed by atoms with Gasteiger partial charge < -0.3 is 14.8 Å². The minimum atomic E-state index is -3.71. The fourth-order valence-corrected chi connectivity index (χ4v) is 4.54. The first-order valence-electron chi connectivity index (χ1n) is 8.97. The van der Waals surface area contributed by atoms with Crippen molar-refractivity contribution in [2.24, 2.45) is 0 Å². The average Bonchev–Trinajstić information content (AvgIpc) is 2.70. The van der Waals surface area contributed by atoms with Gasteiger partial charge in [-0.15, -0.1) is 0 Å². The molecular weight excluding hydrogens is 380 g/mol. The van der Waals surface area contributed by atoms with Gasteiger partial charge in [0.15, 0.2) is 0 Å². The van der Waals surface area contributed by atoms with Gasteiger partial charge in [0.1, 0.15) is 5.75 Å². The number of nitrogens with one attached hydrogen (secondary N) is 1. The molecule has 0 atom stereocenters. The van der Waals surface area contributed by atoms with E-state index in [0.29, 0.717) is 37.7 Å². The Bertz CT molecular complexity index is 982. The Hall–Kier alpha value is -2.42. The van der Waals surface area contributed by atoms with Gasteiger partial charge in [0.25, 0.3) is 5.91 Å². The molecule has 1 saturated heterocycles. The van der Waals surface area contributed by atoms with Gasteiger partial charge >= 0.3 is 0 Å². The summed E-state index contributed by atoms with van der Waals surface area (Å²) in [6.07, 6.45) is 0. The summed E-state index contributed by atoms with van der Waals surface area (Å²) in [7, 11) is -2.27. The van der Waals surface area contributed by atoms with E-state index in [1.165, 1.54) is 29.6 Å². The largest absolute Gasteiger partial charge is 0.496 e. The standard InChI is InChI=1S/C20H24N2O5S/c1-14-4-6-18(15(2)12-14)21-20(23)17-13-16(5-7-19(17)26-3)28(24,25)22-8-10-27-11-9-22/h4-7,12-13H,8-11H2,1-3H3,(H,21,23). The van der Waals surface area contributed by atoms with Crippen molar-refractivity contribution in [3.8, 4) is 5.75 Å². The van der Waals surface area contributed by atoms with Crippen molar-refractivity contribution in [3.63, 3.8) is 0 Å². The van der Waals surface area contributed by atoms with Crippen molar-refractivity contribution in [1.82, 2.24) is 4.31 Å². The topological polar surface area (TPSA) is 84.9 Å². The van der Waals surface area contributed by atoms with E-state index in [1.807, 2.05) is 32.0 Å². The monoisotopic (exact) mass is 404 g/mol. The van der Waals surface area contributed by atoms with Crippen molar-refractivity contribution in [1.29, 1.82) is 0 Å². The van der Waals surface area contributed by atoms with Gasteiger partial charge in [0, 0.05) is 18.8 Å². The molecule has 7 nitrogen and oxygen atoms in total. The lowest BCUT2D eigenvalue weighted by molar-refractivity contribution is 0.0730. The van der Waals surface area contributed by atoms with E-state index in [-0.39, 0.29) is 10.5 Å². The highest BCUT2D eigenvalue weighted by Gasteiger charge is 2.28. The molecule has 2 aromatic rings. The highest BCUT2D eigenvalue weighted by atomic mass is 32.2. The molecule has 1 aliphatic rings. The molecule has 0 unspecified atom stereocenters. The first kappa shape index (κ1) is 20.3. The number of carbonyl (C=O) groups excluding carboxylic acids is 1. The second-order valence-corrected chi connectivity index (χ2v) is 8.59. The second kappa shape index (κ2) is 8.30. The number of ether oxygens (including phenoxy) is 2. The number of amides is 1. The molecule has 0 saturated carbocycles. The molecule has 0 aromatic heterocycles. The van der Waals surface area contributed by atoms with Crippen LogP contribution >= 0.6 is 0 Å². The highest BCUT2D eigenvalue weighted by molar-refractivity contribution is 7.89. The van der Waals surface area contributed by atoms with Crippen LogP contribution in [0.1, 0.15) is 21.5 Å². The number of sulfonamides is 1. The van der Waals surface area contributed by atoms with E-state index in [0.717, 1.165) is 11.1 Å². The molecule has 3 rings (SSSR count). The van der Waals surface area contributed by atoms with Crippen LogP contribution in [0.4, 0.5) is 5.69 Å². The number of rotatable bonds is 5. The van der Waals surface area contributed by atoms with Crippen LogP contribution in [0.3, 0.4) is 0 Å². The van der Waals surface area contributed by atoms with Crippen LogP contribution in [-0.2, 0) is 14.8 Å². The van der Waals surface area contributed by atoms with Crippen molar-refractivity contribution >= 4 is 21.6 Å². The van der Waals surface area contributed by atoms with E-state index in [1.54, 1.807) is 0 Å². The van der Waals surface area contributed by atoms with Crippen LogP contribution in [0, 0.1) is 13.8 Å². The Morgan fingerprint density at radius 1 is 1.11 bits per heavy atom. The molecule has 2 aromatic carbocycles. The predicted octanol–water partition coefficient (Wildman–Crippen LogP) is 2.59. The fraction of sp³-hybridized carbons (Fsp3) is 0.350. The quantitative estimate of drug-likeness (QED) is 0.828. The first-order valence-corrected chi connectivity index (χ1v) is 10.4. The number of carbonyl (C=O) groups is 1. The van der Waals surface area contributed by atoms with Crippen molar-refractivity contribution in [2.75, 3.05) is 38.7 Å². The Morgan fingerprint density at radius 3 is 2.46 bits per heavy atom. The minimum Gasteiger partial charge on any atom is -0.496 e. The number of morpholine rings is 1. The van der Waals surface area contributed by atoms with Gasteiger partial charge in [0.2, 0.25) is 10.0 Å². The lowest BCUT2D eigenvalue weighted by Gasteiger charge is -2.26. The number of aryl methyl sites for hydroxylation is 2. The van der Waals surface area contributed by atoms with E-state index >= 15 is 0 Å². The smallest absolute Gasteiger partial charge is 0.259 e. The zero-order valence-corrected chi connectivity index (χ0v) is 17.0. The average molecular weight is 404 g/mol. The number of benzene rings is 2. The number of hydrogen-bond donors (Lipinski definition) is 1. The molecule has 0 spiro atoms. The molecule has 1 amide bonds. The predicted molar refractivity (Wildman–Crippen MR) is 106 cm³/mol. The molecule has 0 bridgehead atoms. The molecule has 1 aliphatic heterocycles. The lowest BCUT2D eigenvalue weighted by Crippen LogP contribution is -2.40. The Balaban J connectivity index is 1.93. The van der Waals surface area contributed by atoms with E-state index < -0.39 is 15.9 Å². The lowest BCUT2D eigenvalue weighted by atomic mass is 10.1. The summed E-state index contributed by atoms with van der Waals surface area (Å²) in [5.74, 6) is -0.119. The number of anilines is 1. The summed E-state index contributed by atoms with van der Waals surface area (Å²) in [6, 6.07) is 10.0. The van der Waals surface area contributed by atoms with Crippen LogP contribution < -0.4 is 10.1 Å². The molecule has 1 N–H and O–H groups in total. The Morgan fingerprint density at radius 2 is 1.82 bits per heavy atom.